The highest BCUT2D eigenvalue weighted by Gasteiger charge is 2.31. The monoisotopic (exact) mass is 322 g/mol. The first-order chi connectivity index (χ1) is 11.7. The molecule has 1 aromatic carbocycles. The van der Waals surface area contributed by atoms with Crippen molar-refractivity contribution in [3.05, 3.63) is 60.0 Å². The highest BCUT2D eigenvalue weighted by molar-refractivity contribution is 5.81. The lowest BCUT2D eigenvalue weighted by Gasteiger charge is -2.16. The van der Waals surface area contributed by atoms with Gasteiger partial charge in [-0.15, -0.1) is 0 Å². The van der Waals surface area contributed by atoms with E-state index in [2.05, 4.69) is 27.1 Å². The predicted octanol–water partition coefficient (Wildman–Crippen LogP) is 2.00. The van der Waals surface area contributed by atoms with Gasteiger partial charge in [0.05, 0.1) is 17.3 Å². The van der Waals surface area contributed by atoms with E-state index < -0.39 is 0 Å². The van der Waals surface area contributed by atoms with Crippen LogP contribution in [0, 0.1) is 5.92 Å². The molecule has 5 nitrogen and oxygen atoms in total. The second-order valence-corrected chi connectivity index (χ2v) is 6.66. The van der Waals surface area contributed by atoms with E-state index >= 15 is 0 Å². The van der Waals surface area contributed by atoms with Gasteiger partial charge in [0.25, 0.3) is 0 Å². The van der Waals surface area contributed by atoms with Crippen molar-refractivity contribution in [1.82, 2.24) is 19.7 Å². The van der Waals surface area contributed by atoms with Gasteiger partial charge in [-0.25, -0.2) is 0 Å². The van der Waals surface area contributed by atoms with Gasteiger partial charge >= 0.3 is 0 Å². The number of hydrogen-bond donors (Lipinski definition) is 1. The first-order valence-corrected chi connectivity index (χ1v) is 8.40. The number of rotatable bonds is 4. The van der Waals surface area contributed by atoms with Crippen LogP contribution in [0.25, 0.3) is 10.9 Å². The summed E-state index contributed by atoms with van der Waals surface area (Å²) in [7, 11) is 1.96. The summed E-state index contributed by atoms with van der Waals surface area (Å²) >= 11 is 0. The molecule has 1 saturated heterocycles. The number of aryl methyl sites for hydroxylation is 1. The molecule has 1 aliphatic rings. The molecular weight excluding hydrogens is 300 g/mol. The molecule has 4 rings (SSSR count). The third-order valence-corrected chi connectivity index (χ3v) is 5.01. The highest BCUT2D eigenvalue weighted by Crippen LogP contribution is 2.26. The average molecular weight is 322 g/mol. The molecule has 0 amide bonds. The fraction of sp³-hybridized carbons (Fsp3) is 0.368. The molecule has 0 radical (unpaired) electrons. The van der Waals surface area contributed by atoms with E-state index in [4.69, 9.17) is 0 Å². The van der Waals surface area contributed by atoms with Crippen molar-refractivity contribution in [2.45, 2.75) is 19.1 Å². The van der Waals surface area contributed by atoms with Gasteiger partial charge < -0.3 is 5.11 Å². The van der Waals surface area contributed by atoms with E-state index in [0.717, 1.165) is 31.6 Å². The summed E-state index contributed by atoms with van der Waals surface area (Å²) in [6, 6.07) is 12.3. The topological polar surface area (TPSA) is 54.2 Å². The lowest BCUT2D eigenvalue weighted by Crippen LogP contribution is -2.22. The minimum Gasteiger partial charge on any atom is -0.391 e. The fourth-order valence-electron chi connectivity index (χ4n) is 3.67. The summed E-state index contributed by atoms with van der Waals surface area (Å²) in [6.07, 6.45) is 4.28. The van der Waals surface area contributed by atoms with Crippen molar-refractivity contribution in [3.63, 3.8) is 0 Å². The molecule has 124 valence electrons. The Balaban J connectivity index is 1.49. The normalized spacial score (nSPS) is 21.6. The van der Waals surface area contributed by atoms with Crippen molar-refractivity contribution in [2.24, 2.45) is 13.0 Å². The lowest BCUT2D eigenvalue weighted by molar-refractivity contribution is 0.141. The Morgan fingerprint density at radius 2 is 2.00 bits per heavy atom. The van der Waals surface area contributed by atoms with Crippen LogP contribution < -0.4 is 0 Å². The third-order valence-electron chi connectivity index (χ3n) is 5.01. The summed E-state index contributed by atoms with van der Waals surface area (Å²) in [5.41, 5.74) is 3.47. The fourth-order valence-corrected chi connectivity index (χ4v) is 3.67. The van der Waals surface area contributed by atoms with Crippen LogP contribution >= 0.6 is 0 Å². The number of para-hydroxylation sites is 1. The van der Waals surface area contributed by atoms with Crippen molar-refractivity contribution < 1.29 is 5.11 Å². The molecule has 0 bridgehead atoms. The molecule has 1 fully saturated rings. The molecule has 0 aliphatic carbocycles. The molecule has 5 heteroatoms. The Bertz CT molecular complexity index is 839. The maximum absolute atomic E-state index is 10.5. The smallest absolute Gasteiger partial charge is 0.0710 e. The Kier molecular flexibility index (Phi) is 4.04. The number of benzene rings is 1. The molecule has 0 spiro atoms. The largest absolute Gasteiger partial charge is 0.391 e. The van der Waals surface area contributed by atoms with E-state index in [9.17, 15) is 5.11 Å². The van der Waals surface area contributed by atoms with Crippen LogP contribution in [0.2, 0.25) is 0 Å². The van der Waals surface area contributed by atoms with Crippen LogP contribution in [0.15, 0.2) is 48.8 Å². The standard InChI is InChI=1S/C19H22N4O/c1-22-16(7-9-21-22)12-23-11-15(19(24)13-23)10-14-6-8-20-18-5-3-2-4-17(14)18/h2-9,15,19,24H,10-13H2,1H3/t15-,19-/m1/s1. The zero-order valence-electron chi connectivity index (χ0n) is 13.8. The summed E-state index contributed by atoms with van der Waals surface area (Å²) in [5.74, 6) is 0.254. The first-order valence-electron chi connectivity index (χ1n) is 8.40. The second-order valence-electron chi connectivity index (χ2n) is 6.66. The van der Waals surface area contributed by atoms with Crippen LogP contribution in [0.3, 0.4) is 0 Å². The van der Waals surface area contributed by atoms with Gasteiger partial charge in [-0.2, -0.15) is 5.10 Å². The lowest BCUT2D eigenvalue weighted by atomic mass is 9.94. The van der Waals surface area contributed by atoms with Gasteiger partial charge in [0.2, 0.25) is 0 Å². The maximum Gasteiger partial charge on any atom is 0.0710 e. The summed E-state index contributed by atoms with van der Waals surface area (Å²) in [6.45, 7) is 2.46. The molecule has 3 aromatic rings. The van der Waals surface area contributed by atoms with Crippen LogP contribution in [-0.4, -0.2) is 44.0 Å². The van der Waals surface area contributed by atoms with Gasteiger partial charge in [0.15, 0.2) is 0 Å². The molecule has 1 N–H and O–H groups in total. The van der Waals surface area contributed by atoms with Crippen LogP contribution in [0.4, 0.5) is 0 Å². The van der Waals surface area contributed by atoms with E-state index in [0.29, 0.717) is 0 Å². The number of aliphatic hydroxyl groups is 1. The molecule has 2 aromatic heterocycles. The van der Waals surface area contributed by atoms with Crippen molar-refractivity contribution in [2.75, 3.05) is 13.1 Å². The van der Waals surface area contributed by atoms with Gasteiger partial charge in [-0.1, -0.05) is 18.2 Å². The second kappa shape index (κ2) is 6.34. The quantitative estimate of drug-likeness (QED) is 0.798. The maximum atomic E-state index is 10.5. The molecule has 24 heavy (non-hydrogen) atoms. The van der Waals surface area contributed by atoms with Crippen molar-refractivity contribution >= 4 is 10.9 Å². The van der Waals surface area contributed by atoms with Crippen LogP contribution in [0.5, 0.6) is 0 Å². The number of nitrogens with zero attached hydrogens (tertiary/aromatic N) is 4. The number of aliphatic hydroxyl groups excluding tert-OH is 1. The number of β-amino-alcohol motifs (C(OH)–C–C–N with tert-alkyl or cyclic N) is 1. The van der Waals surface area contributed by atoms with Gasteiger partial charge in [0, 0.05) is 50.4 Å². The highest BCUT2D eigenvalue weighted by atomic mass is 16.3. The van der Waals surface area contributed by atoms with Crippen LogP contribution in [-0.2, 0) is 20.0 Å². The zero-order valence-corrected chi connectivity index (χ0v) is 13.8. The van der Waals surface area contributed by atoms with Gasteiger partial charge in [-0.05, 0) is 30.2 Å². The van der Waals surface area contributed by atoms with Crippen molar-refractivity contribution in [1.29, 1.82) is 0 Å². The number of likely N-dealkylation sites (tertiary alicyclic amines) is 1. The number of fused-ring (bicyclic) bond motifs is 1. The Morgan fingerprint density at radius 1 is 1.12 bits per heavy atom. The third kappa shape index (κ3) is 2.92. The summed E-state index contributed by atoms with van der Waals surface area (Å²) in [4.78, 5) is 6.74. The van der Waals surface area contributed by atoms with Crippen molar-refractivity contribution in [3.8, 4) is 0 Å². The van der Waals surface area contributed by atoms with Gasteiger partial charge in [-0.3, -0.25) is 14.6 Å². The molecule has 0 unspecified atom stereocenters. The summed E-state index contributed by atoms with van der Waals surface area (Å²) in [5, 5.41) is 15.9. The Hall–Kier alpha value is -2.24. The first kappa shape index (κ1) is 15.3. The minimum atomic E-state index is -0.287. The van der Waals surface area contributed by atoms with Gasteiger partial charge in [0.1, 0.15) is 0 Å². The average Bonchev–Trinajstić information content (AvgIpc) is 3.14. The predicted molar refractivity (Wildman–Crippen MR) is 93.4 cm³/mol. The Morgan fingerprint density at radius 3 is 2.83 bits per heavy atom. The Labute approximate surface area is 141 Å². The zero-order chi connectivity index (χ0) is 16.5. The number of pyridine rings is 1. The van der Waals surface area contributed by atoms with Crippen LogP contribution in [0.1, 0.15) is 11.3 Å². The molecule has 1 aliphatic heterocycles. The molecular formula is C19H22N4O. The number of aromatic nitrogens is 3. The SMILES string of the molecule is Cn1nccc1CN1C[C@@H](Cc2ccnc3ccccc23)[C@H](O)C1. The minimum absolute atomic E-state index is 0.254. The van der Waals surface area contributed by atoms with E-state index in [-0.39, 0.29) is 12.0 Å². The number of hydrogen-bond acceptors (Lipinski definition) is 4. The van der Waals surface area contributed by atoms with E-state index in [1.54, 1.807) is 0 Å². The summed E-state index contributed by atoms with van der Waals surface area (Å²) < 4.78 is 1.90. The van der Waals surface area contributed by atoms with E-state index in [1.165, 1.54) is 16.6 Å². The van der Waals surface area contributed by atoms with E-state index in [1.807, 2.05) is 48.4 Å². The molecule has 0 saturated carbocycles. The molecule has 2 atom stereocenters. The molecule has 3 heterocycles.